The Morgan fingerprint density at radius 1 is 1.06 bits per heavy atom. The summed E-state index contributed by atoms with van der Waals surface area (Å²) in [7, 11) is 0. The normalized spacial score (nSPS) is 16.2. The lowest BCUT2D eigenvalue weighted by atomic mass is 10.1. The molecular weight excluding hydrogens is 444 g/mol. The molecule has 0 radical (unpaired) electrons. The van der Waals surface area contributed by atoms with Gasteiger partial charge in [-0.25, -0.2) is 0 Å². The van der Waals surface area contributed by atoms with E-state index in [1.807, 2.05) is 54.6 Å². The lowest BCUT2D eigenvalue weighted by Crippen LogP contribution is -2.37. The Balaban J connectivity index is 1.21. The Kier molecular flexibility index (Phi) is 5.55. The molecular formula is C24H18N2O4S2. The second kappa shape index (κ2) is 8.64. The molecule has 32 heavy (non-hydrogen) atoms. The molecule has 5 rings (SSSR count). The van der Waals surface area contributed by atoms with E-state index >= 15 is 0 Å². The molecule has 0 aliphatic carbocycles. The highest BCUT2D eigenvalue weighted by Gasteiger charge is 2.31. The Bertz CT molecular complexity index is 1290. The number of nitrogens with one attached hydrogen (secondary N) is 1. The van der Waals surface area contributed by atoms with E-state index in [0.29, 0.717) is 39.4 Å². The van der Waals surface area contributed by atoms with E-state index in [9.17, 15) is 9.59 Å². The molecule has 0 saturated carbocycles. The summed E-state index contributed by atoms with van der Waals surface area (Å²) in [6.07, 6.45) is 1.79. The maximum absolute atomic E-state index is 12.8. The first-order chi connectivity index (χ1) is 15.6. The fourth-order valence-electron chi connectivity index (χ4n) is 3.56. The van der Waals surface area contributed by atoms with Gasteiger partial charge in [-0.2, -0.15) is 0 Å². The minimum atomic E-state index is -0.183. The maximum atomic E-state index is 12.8. The van der Waals surface area contributed by atoms with Crippen molar-refractivity contribution in [2.75, 3.05) is 19.9 Å². The average Bonchev–Trinajstić information content (AvgIpc) is 3.38. The van der Waals surface area contributed by atoms with Crippen LogP contribution in [0.25, 0.3) is 16.8 Å². The zero-order valence-electron chi connectivity index (χ0n) is 16.9. The first kappa shape index (κ1) is 20.5. The summed E-state index contributed by atoms with van der Waals surface area (Å²) in [4.78, 5) is 27.4. The molecule has 0 unspecified atom stereocenters. The van der Waals surface area contributed by atoms with Crippen LogP contribution in [0.2, 0.25) is 0 Å². The Hall–Kier alpha value is -3.36. The van der Waals surface area contributed by atoms with E-state index in [2.05, 4.69) is 5.32 Å². The smallest absolute Gasteiger partial charge is 0.266 e. The number of thiocarbonyl (C=S) groups is 1. The van der Waals surface area contributed by atoms with E-state index < -0.39 is 0 Å². The van der Waals surface area contributed by atoms with Crippen LogP contribution in [0.1, 0.15) is 15.9 Å². The minimum Gasteiger partial charge on any atom is -0.454 e. The number of amides is 2. The van der Waals surface area contributed by atoms with Crippen molar-refractivity contribution in [1.29, 1.82) is 0 Å². The van der Waals surface area contributed by atoms with Crippen LogP contribution in [0.15, 0.2) is 65.6 Å². The van der Waals surface area contributed by atoms with E-state index in [1.54, 1.807) is 12.1 Å². The molecule has 2 heterocycles. The summed E-state index contributed by atoms with van der Waals surface area (Å²) in [5.41, 5.74) is 1.41. The van der Waals surface area contributed by atoms with Gasteiger partial charge in [-0.3, -0.25) is 14.5 Å². The lowest BCUT2D eigenvalue weighted by Gasteiger charge is -2.15. The minimum absolute atomic E-state index is 0.169. The topological polar surface area (TPSA) is 67.9 Å². The molecule has 3 aromatic rings. The molecule has 1 fully saturated rings. The highest BCUT2D eigenvalue weighted by atomic mass is 32.2. The van der Waals surface area contributed by atoms with Crippen molar-refractivity contribution in [1.82, 2.24) is 10.2 Å². The van der Waals surface area contributed by atoms with Crippen LogP contribution in [-0.4, -0.2) is 40.9 Å². The number of hydrogen-bond acceptors (Lipinski definition) is 6. The van der Waals surface area contributed by atoms with Crippen molar-refractivity contribution in [3.05, 3.63) is 76.7 Å². The van der Waals surface area contributed by atoms with Crippen molar-refractivity contribution >= 4 is 57.0 Å². The third-order valence-corrected chi connectivity index (χ3v) is 6.58. The molecule has 3 aromatic carbocycles. The van der Waals surface area contributed by atoms with Gasteiger partial charge in [0.25, 0.3) is 11.8 Å². The van der Waals surface area contributed by atoms with E-state index in [1.165, 1.54) is 16.7 Å². The number of benzene rings is 3. The lowest BCUT2D eigenvalue weighted by molar-refractivity contribution is -0.122. The standard InChI is InChI=1S/C24H18N2O4S2/c27-22(18-7-6-16-3-1-2-4-17(16)13-18)25-9-10-26-23(28)21(32-24(26)31)12-15-5-8-19-20(11-15)30-14-29-19/h1-8,11-13H,9-10,14H2,(H,25,27)/b21-12+. The Labute approximate surface area is 194 Å². The molecule has 0 spiro atoms. The van der Waals surface area contributed by atoms with E-state index in [4.69, 9.17) is 21.7 Å². The van der Waals surface area contributed by atoms with Gasteiger partial charge < -0.3 is 14.8 Å². The Morgan fingerprint density at radius 3 is 2.75 bits per heavy atom. The molecule has 0 aromatic heterocycles. The van der Waals surface area contributed by atoms with Gasteiger partial charge in [0.2, 0.25) is 6.79 Å². The van der Waals surface area contributed by atoms with Crippen LogP contribution in [0.3, 0.4) is 0 Å². The highest BCUT2D eigenvalue weighted by Crippen LogP contribution is 2.36. The van der Waals surface area contributed by atoms with Gasteiger partial charge in [-0.05, 0) is 46.7 Å². The van der Waals surface area contributed by atoms with Crippen LogP contribution in [-0.2, 0) is 4.79 Å². The third kappa shape index (κ3) is 4.06. The number of carbonyl (C=O) groups excluding carboxylic acids is 2. The van der Waals surface area contributed by atoms with Crippen molar-refractivity contribution < 1.29 is 19.1 Å². The summed E-state index contributed by atoms with van der Waals surface area (Å²) in [6.45, 7) is 0.809. The van der Waals surface area contributed by atoms with Crippen molar-refractivity contribution in [3.8, 4) is 11.5 Å². The predicted octanol–water partition coefficient (Wildman–Crippen LogP) is 4.20. The van der Waals surface area contributed by atoms with Gasteiger partial charge in [0.15, 0.2) is 11.5 Å². The maximum Gasteiger partial charge on any atom is 0.266 e. The van der Waals surface area contributed by atoms with Crippen molar-refractivity contribution in [2.24, 2.45) is 0 Å². The molecule has 2 amide bonds. The van der Waals surface area contributed by atoms with Crippen molar-refractivity contribution in [2.45, 2.75) is 0 Å². The summed E-state index contributed by atoms with van der Waals surface area (Å²) < 4.78 is 11.2. The molecule has 0 atom stereocenters. The number of rotatable bonds is 5. The molecule has 1 saturated heterocycles. The van der Waals surface area contributed by atoms with E-state index in [0.717, 1.165) is 16.3 Å². The first-order valence-corrected chi connectivity index (χ1v) is 11.2. The van der Waals surface area contributed by atoms with Gasteiger partial charge in [0.1, 0.15) is 4.32 Å². The summed E-state index contributed by atoms with van der Waals surface area (Å²) in [5, 5.41) is 4.96. The van der Waals surface area contributed by atoms with Gasteiger partial charge >= 0.3 is 0 Å². The summed E-state index contributed by atoms with van der Waals surface area (Å²) >= 11 is 6.64. The molecule has 8 heteroatoms. The van der Waals surface area contributed by atoms with Gasteiger partial charge in [-0.15, -0.1) is 0 Å². The molecule has 160 valence electrons. The molecule has 1 N–H and O–H groups in total. The quantitative estimate of drug-likeness (QED) is 0.453. The molecule has 6 nitrogen and oxygen atoms in total. The Morgan fingerprint density at radius 2 is 1.88 bits per heavy atom. The number of nitrogens with zero attached hydrogens (tertiary/aromatic N) is 1. The van der Waals surface area contributed by atoms with Gasteiger partial charge in [0, 0.05) is 18.7 Å². The number of thioether (sulfide) groups is 1. The predicted molar refractivity (Wildman–Crippen MR) is 129 cm³/mol. The summed E-state index contributed by atoms with van der Waals surface area (Å²) in [6, 6.07) is 19.0. The highest BCUT2D eigenvalue weighted by molar-refractivity contribution is 8.26. The largest absolute Gasteiger partial charge is 0.454 e. The molecule has 2 aliphatic heterocycles. The number of ether oxygens (including phenoxy) is 2. The third-order valence-electron chi connectivity index (χ3n) is 5.20. The van der Waals surface area contributed by atoms with Crippen LogP contribution in [0.5, 0.6) is 11.5 Å². The second-order valence-corrected chi connectivity index (χ2v) is 8.94. The van der Waals surface area contributed by atoms with E-state index in [-0.39, 0.29) is 18.6 Å². The average molecular weight is 463 g/mol. The first-order valence-electron chi connectivity index (χ1n) is 10.0. The SMILES string of the molecule is O=C(NCCN1C(=O)/C(=C\c2ccc3c(c2)OCO3)SC1=S)c1ccc2ccccc2c1. The van der Waals surface area contributed by atoms with Crippen molar-refractivity contribution in [3.63, 3.8) is 0 Å². The fourth-order valence-corrected chi connectivity index (χ4v) is 4.87. The monoisotopic (exact) mass is 462 g/mol. The van der Waals surface area contributed by atoms with Crippen LogP contribution >= 0.6 is 24.0 Å². The second-order valence-electron chi connectivity index (χ2n) is 7.26. The number of hydrogen-bond donors (Lipinski definition) is 1. The zero-order chi connectivity index (χ0) is 22.1. The summed E-state index contributed by atoms with van der Waals surface area (Å²) in [5.74, 6) is 0.997. The zero-order valence-corrected chi connectivity index (χ0v) is 18.5. The van der Waals surface area contributed by atoms with Crippen LogP contribution < -0.4 is 14.8 Å². The molecule has 0 bridgehead atoms. The van der Waals surface area contributed by atoms with Crippen LogP contribution in [0.4, 0.5) is 0 Å². The fraction of sp³-hybridized carbons (Fsp3) is 0.125. The number of fused-ring (bicyclic) bond motifs is 2. The van der Waals surface area contributed by atoms with Gasteiger partial charge in [-0.1, -0.05) is 60.4 Å². The molecule has 2 aliphatic rings. The van der Waals surface area contributed by atoms with Gasteiger partial charge in [0.05, 0.1) is 4.91 Å². The van der Waals surface area contributed by atoms with Crippen LogP contribution in [0, 0.1) is 0 Å². The number of carbonyl (C=O) groups is 2.